The maximum Gasteiger partial charge on any atom is 0.196 e. The Morgan fingerprint density at radius 3 is 3.15 bits per heavy atom. The molecule has 0 saturated carbocycles. The van der Waals surface area contributed by atoms with Gasteiger partial charge in [0.2, 0.25) is 0 Å². The summed E-state index contributed by atoms with van der Waals surface area (Å²) in [6.07, 6.45) is 7.37. The molecule has 1 aliphatic carbocycles. The van der Waals surface area contributed by atoms with E-state index in [9.17, 15) is 0 Å². The van der Waals surface area contributed by atoms with Crippen molar-refractivity contribution >= 4 is 0 Å². The minimum atomic E-state index is -0.0504. The number of allylic oxidation sites excluding steroid dienone is 1. The second-order valence-corrected chi connectivity index (χ2v) is 3.91. The van der Waals surface area contributed by atoms with Crippen molar-refractivity contribution in [3.63, 3.8) is 0 Å². The highest BCUT2D eigenvalue weighted by Crippen LogP contribution is 2.36. The van der Waals surface area contributed by atoms with Gasteiger partial charge >= 0.3 is 0 Å². The number of rotatable bonds is 1. The highest BCUT2D eigenvalue weighted by molar-refractivity contribution is 5.07. The third kappa shape index (κ3) is 1.73. The second kappa shape index (κ2) is 3.70. The van der Waals surface area contributed by atoms with Crippen molar-refractivity contribution < 1.29 is 9.47 Å². The number of fused-ring (bicyclic) bond motifs is 1. The van der Waals surface area contributed by atoms with E-state index in [-0.39, 0.29) is 6.29 Å². The minimum absolute atomic E-state index is 0.0504. The van der Waals surface area contributed by atoms with Gasteiger partial charge in [0, 0.05) is 5.92 Å². The summed E-state index contributed by atoms with van der Waals surface area (Å²) in [6, 6.07) is 0. The molecule has 0 aromatic heterocycles. The summed E-state index contributed by atoms with van der Waals surface area (Å²) in [4.78, 5) is 0. The summed E-state index contributed by atoms with van der Waals surface area (Å²) in [5, 5.41) is 0. The molecule has 3 atom stereocenters. The van der Waals surface area contributed by atoms with Gasteiger partial charge in [0.25, 0.3) is 0 Å². The predicted octanol–water partition coefficient (Wildman–Crippen LogP) is 2.84. The third-order valence-electron chi connectivity index (χ3n) is 2.95. The molecule has 0 N–H and O–H groups in total. The van der Waals surface area contributed by atoms with Crippen LogP contribution in [0.1, 0.15) is 39.5 Å². The van der Waals surface area contributed by atoms with Gasteiger partial charge in [0.05, 0.1) is 6.10 Å². The Morgan fingerprint density at radius 1 is 1.54 bits per heavy atom. The first-order chi connectivity index (χ1) is 6.31. The normalized spacial score (nSPS) is 38.9. The monoisotopic (exact) mass is 182 g/mol. The minimum Gasteiger partial charge on any atom is -0.470 e. The lowest BCUT2D eigenvalue weighted by molar-refractivity contribution is -0.199. The molecule has 1 saturated heterocycles. The molecular weight excluding hydrogens is 164 g/mol. The van der Waals surface area contributed by atoms with E-state index in [1.807, 2.05) is 6.92 Å². The fourth-order valence-corrected chi connectivity index (χ4v) is 2.32. The molecule has 2 nitrogen and oxygen atoms in total. The lowest BCUT2D eigenvalue weighted by Gasteiger charge is -2.38. The van der Waals surface area contributed by atoms with E-state index in [0.717, 1.165) is 6.42 Å². The Bertz CT molecular complexity index is 210. The lowest BCUT2D eigenvalue weighted by Crippen LogP contribution is -2.37. The molecule has 0 aromatic rings. The van der Waals surface area contributed by atoms with Gasteiger partial charge in [-0.1, -0.05) is 6.92 Å². The average Bonchev–Trinajstić information content (AvgIpc) is 2.16. The fraction of sp³-hybridized carbons (Fsp3) is 0.818. The first kappa shape index (κ1) is 9.07. The molecule has 0 bridgehead atoms. The van der Waals surface area contributed by atoms with Crippen LogP contribution < -0.4 is 0 Å². The smallest absolute Gasteiger partial charge is 0.196 e. The Hall–Kier alpha value is -0.500. The summed E-state index contributed by atoms with van der Waals surface area (Å²) in [7, 11) is 0. The first-order valence-electron chi connectivity index (χ1n) is 5.33. The summed E-state index contributed by atoms with van der Waals surface area (Å²) < 4.78 is 11.4. The molecular formula is C11H18O2. The van der Waals surface area contributed by atoms with Crippen LogP contribution in [0.25, 0.3) is 0 Å². The fourth-order valence-electron chi connectivity index (χ4n) is 2.32. The Balaban J connectivity index is 2.13. The van der Waals surface area contributed by atoms with Gasteiger partial charge in [-0.25, -0.2) is 0 Å². The van der Waals surface area contributed by atoms with Crippen molar-refractivity contribution in [3.8, 4) is 0 Å². The number of hydrogen-bond donors (Lipinski definition) is 0. The molecule has 3 unspecified atom stereocenters. The van der Waals surface area contributed by atoms with Crippen LogP contribution in [0.4, 0.5) is 0 Å². The average molecular weight is 182 g/mol. The van der Waals surface area contributed by atoms with Crippen LogP contribution in [0.5, 0.6) is 0 Å². The molecule has 0 amide bonds. The molecule has 1 fully saturated rings. The van der Waals surface area contributed by atoms with Crippen LogP contribution >= 0.6 is 0 Å². The molecule has 1 aliphatic heterocycles. The van der Waals surface area contributed by atoms with Crippen LogP contribution in [-0.4, -0.2) is 12.4 Å². The maximum absolute atomic E-state index is 5.74. The summed E-state index contributed by atoms with van der Waals surface area (Å²) in [5.74, 6) is 1.73. The maximum atomic E-state index is 5.74. The number of hydrogen-bond acceptors (Lipinski definition) is 2. The van der Waals surface area contributed by atoms with Gasteiger partial charge in [-0.05, 0) is 38.7 Å². The van der Waals surface area contributed by atoms with Gasteiger partial charge in [-0.3, -0.25) is 0 Å². The molecule has 0 aromatic carbocycles. The first-order valence-corrected chi connectivity index (χ1v) is 5.33. The van der Waals surface area contributed by atoms with Gasteiger partial charge < -0.3 is 9.47 Å². The van der Waals surface area contributed by atoms with E-state index in [1.54, 1.807) is 0 Å². The third-order valence-corrected chi connectivity index (χ3v) is 2.95. The predicted molar refractivity (Wildman–Crippen MR) is 51.1 cm³/mol. The zero-order valence-corrected chi connectivity index (χ0v) is 8.45. The van der Waals surface area contributed by atoms with E-state index >= 15 is 0 Å². The Kier molecular flexibility index (Phi) is 2.58. The van der Waals surface area contributed by atoms with E-state index in [1.165, 1.54) is 25.0 Å². The van der Waals surface area contributed by atoms with E-state index in [2.05, 4.69) is 13.0 Å². The Morgan fingerprint density at radius 2 is 2.38 bits per heavy atom. The zero-order chi connectivity index (χ0) is 9.26. The van der Waals surface area contributed by atoms with Crippen molar-refractivity contribution in [1.29, 1.82) is 0 Å². The lowest BCUT2D eigenvalue weighted by atomic mass is 9.87. The van der Waals surface area contributed by atoms with Crippen LogP contribution in [0.15, 0.2) is 11.8 Å². The molecule has 2 aliphatic rings. The topological polar surface area (TPSA) is 18.5 Å². The van der Waals surface area contributed by atoms with Gasteiger partial charge in [-0.15, -0.1) is 0 Å². The van der Waals surface area contributed by atoms with Crippen LogP contribution in [0, 0.1) is 5.92 Å². The highest BCUT2D eigenvalue weighted by Gasteiger charge is 2.34. The molecule has 0 radical (unpaired) electrons. The largest absolute Gasteiger partial charge is 0.470 e. The summed E-state index contributed by atoms with van der Waals surface area (Å²) in [5.41, 5.74) is 0. The van der Waals surface area contributed by atoms with Crippen LogP contribution in [0.3, 0.4) is 0 Å². The molecule has 2 heteroatoms. The SMILES string of the molecule is CCC1OC(C)OC2=CCCCC21. The number of ether oxygens (including phenoxy) is 2. The second-order valence-electron chi connectivity index (χ2n) is 3.91. The molecule has 74 valence electrons. The Labute approximate surface area is 79.9 Å². The highest BCUT2D eigenvalue weighted by atomic mass is 16.7. The van der Waals surface area contributed by atoms with Crippen LogP contribution in [-0.2, 0) is 9.47 Å². The molecule has 0 spiro atoms. The van der Waals surface area contributed by atoms with Gasteiger partial charge in [-0.2, -0.15) is 0 Å². The molecule has 2 rings (SSSR count). The van der Waals surface area contributed by atoms with Gasteiger partial charge in [0.15, 0.2) is 6.29 Å². The van der Waals surface area contributed by atoms with E-state index in [4.69, 9.17) is 9.47 Å². The molecule has 1 heterocycles. The summed E-state index contributed by atoms with van der Waals surface area (Å²) in [6.45, 7) is 4.17. The molecule has 13 heavy (non-hydrogen) atoms. The van der Waals surface area contributed by atoms with Crippen LogP contribution in [0.2, 0.25) is 0 Å². The van der Waals surface area contributed by atoms with Crippen molar-refractivity contribution in [1.82, 2.24) is 0 Å². The van der Waals surface area contributed by atoms with E-state index < -0.39 is 0 Å². The summed E-state index contributed by atoms with van der Waals surface area (Å²) >= 11 is 0. The van der Waals surface area contributed by atoms with Gasteiger partial charge in [0.1, 0.15) is 5.76 Å². The van der Waals surface area contributed by atoms with E-state index in [0.29, 0.717) is 12.0 Å². The van der Waals surface area contributed by atoms with Crippen molar-refractivity contribution in [2.75, 3.05) is 0 Å². The zero-order valence-electron chi connectivity index (χ0n) is 8.45. The van der Waals surface area contributed by atoms with Crippen molar-refractivity contribution in [2.45, 2.75) is 51.9 Å². The standard InChI is InChI=1S/C11H18O2/c1-3-10-9-6-4-5-7-11(9)13-8(2)12-10/h7-10H,3-6H2,1-2H3. The van der Waals surface area contributed by atoms with Crippen molar-refractivity contribution in [2.24, 2.45) is 5.92 Å². The quantitative estimate of drug-likeness (QED) is 0.620. The van der Waals surface area contributed by atoms with Crippen molar-refractivity contribution in [3.05, 3.63) is 11.8 Å².